The second-order valence-corrected chi connectivity index (χ2v) is 24.9. The molecule has 2 fully saturated rings. The van der Waals surface area contributed by atoms with Gasteiger partial charge in [-0.2, -0.15) is 0 Å². The Hall–Kier alpha value is -5.18. The number of fused-ring (bicyclic) bond motifs is 1. The van der Waals surface area contributed by atoms with Gasteiger partial charge >= 0.3 is 12.2 Å². The highest BCUT2D eigenvalue weighted by Gasteiger charge is 2.40. The summed E-state index contributed by atoms with van der Waals surface area (Å²) in [5, 5.41) is 24.1. The molecule has 1 atom stereocenters. The van der Waals surface area contributed by atoms with Gasteiger partial charge in [0.05, 0.1) is 17.3 Å². The van der Waals surface area contributed by atoms with Gasteiger partial charge in [-0.05, 0) is 138 Å². The summed E-state index contributed by atoms with van der Waals surface area (Å²) >= 11 is 0. The summed E-state index contributed by atoms with van der Waals surface area (Å²) in [4.78, 5) is 53.4. The maximum absolute atomic E-state index is 13.2. The average molecular weight is 896 g/mol. The highest BCUT2D eigenvalue weighted by atomic mass is 28.4. The molecule has 3 aromatic carbocycles. The SMILES string of the molecule is CC(C)(C)OC(=O)N[C@H]1CC[C@H](OC(=O)Nc2cc(CCCC(=O)N[C@H]3C[C@H](CNCC(O[Si](C)(C)C(C)(C)C)c4ccc(O)c5[nH]c(=O)ccc45)C3)ccc2-c2ccccc2)CC1. The lowest BCUT2D eigenvalue weighted by atomic mass is 9.80. The summed E-state index contributed by atoms with van der Waals surface area (Å²) in [6.07, 6.45) is 4.68. The highest BCUT2D eigenvalue weighted by Crippen LogP contribution is 2.41. The van der Waals surface area contributed by atoms with Crippen LogP contribution in [0, 0.1) is 5.92 Å². The van der Waals surface area contributed by atoms with E-state index in [1.54, 1.807) is 12.1 Å². The number of hydrogen-bond donors (Lipinski definition) is 6. The van der Waals surface area contributed by atoms with Gasteiger partial charge in [-0.25, -0.2) is 9.59 Å². The van der Waals surface area contributed by atoms with Gasteiger partial charge < -0.3 is 39.9 Å². The summed E-state index contributed by atoms with van der Waals surface area (Å²) in [6, 6.07) is 22.8. The van der Waals surface area contributed by atoms with Crippen molar-refractivity contribution in [2.45, 2.75) is 147 Å². The zero-order valence-corrected chi connectivity index (χ0v) is 39.9. The molecule has 2 saturated carbocycles. The largest absolute Gasteiger partial charge is 0.506 e. The van der Waals surface area contributed by atoms with E-state index >= 15 is 0 Å². The van der Waals surface area contributed by atoms with E-state index < -0.39 is 26.1 Å². The number of carbonyl (C=O) groups is 3. The van der Waals surface area contributed by atoms with E-state index in [4.69, 9.17) is 13.9 Å². The van der Waals surface area contributed by atoms with Gasteiger partial charge in [-0.3, -0.25) is 14.9 Å². The predicted molar refractivity (Wildman–Crippen MR) is 255 cm³/mol. The molecule has 64 heavy (non-hydrogen) atoms. The molecule has 2 aliphatic carbocycles. The monoisotopic (exact) mass is 895 g/mol. The van der Waals surface area contributed by atoms with Crippen LogP contribution in [-0.2, 0) is 25.1 Å². The third-order valence-electron chi connectivity index (χ3n) is 12.8. The Morgan fingerprint density at radius 2 is 1.58 bits per heavy atom. The first-order valence-corrected chi connectivity index (χ1v) is 25.8. The number of rotatable bonds is 16. The molecule has 0 bridgehead atoms. The lowest BCUT2D eigenvalue weighted by molar-refractivity contribution is -0.122. The molecule has 1 heterocycles. The van der Waals surface area contributed by atoms with Crippen LogP contribution >= 0.6 is 0 Å². The highest BCUT2D eigenvalue weighted by molar-refractivity contribution is 6.74. The number of ether oxygens (including phenoxy) is 2. The molecule has 1 aromatic heterocycles. The molecule has 4 aromatic rings. The molecule has 1 unspecified atom stereocenters. The van der Waals surface area contributed by atoms with Crippen molar-refractivity contribution >= 4 is 43.0 Å². The van der Waals surface area contributed by atoms with Crippen LogP contribution in [0.15, 0.2) is 77.6 Å². The number of aromatic hydroxyl groups is 1. The molecule has 14 heteroatoms. The third kappa shape index (κ3) is 13.4. The minimum absolute atomic E-state index is 0.0124. The number of benzene rings is 3. The number of pyridine rings is 1. The Morgan fingerprint density at radius 3 is 2.27 bits per heavy atom. The van der Waals surface area contributed by atoms with Crippen molar-refractivity contribution in [2.75, 3.05) is 18.4 Å². The van der Waals surface area contributed by atoms with Crippen LogP contribution < -0.4 is 26.8 Å². The molecular weight excluding hydrogens is 827 g/mol. The van der Waals surface area contributed by atoms with Crippen molar-refractivity contribution in [1.29, 1.82) is 0 Å². The summed E-state index contributed by atoms with van der Waals surface area (Å²) in [5.74, 6) is 0.485. The summed E-state index contributed by atoms with van der Waals surface area (Å²) in [5.41, 5.74) is 4.00. The Labute approximate surface area is 379 Å². The van der Waals surface area contributed by atoms with E-state index in [-0.39, 0.29) is 46.5 Å². The second-order valence-electron chi connectivity index (χ2n) is 20.2. The minimum atomic E-state index is -2.20. The molecular formula is C50H69N5O8Si. The number of nitrogens with one attached hydrogen (secondary N) is 5. The van der Waals surface area contributed by atoms with Gasteiger partial charge in [0.15, 0.2) is 8.32 Å². The summed E-state index contributed by atoms with van der Waals surface area (Å²) < 4.78 is 18.2. The number of aromatic nitrogens is 1. The third-order valence-corrected chi connectivity index (χ3v) is 17.3. The van der Waals surface area contributed by atoms with Crippen molar-refractivity contribution < 1.29 is 33.4 Å². The number of aryl methyl sites for hydroxylation is 1. The molecule has 0 saturated heterocycles. The van der Waals surface area contributed by atoms with E-state index in [1.165, 1.54) is 6.07 Å². The van der Waals surface area contributed by atoms with Gasteiger partial charge in [0.25, 0.3) is 0 Å². The van der Waals surface area contributed by atoms with Gasteiger partial charge in [0.2, 0.25) is 11.5 Å². The molecule has 0 aliphatic heterocycles. The van der Waals surface area contributed by atoms with Crippen molar-refractivity contribution in [2.24, 2.45) is 5.92 Å². The van der Waals surface area contributed by atoms with Gasteiger partial charge in [-0.1, -0.05) is 69.3 Å². The van der Waals surface area contributed by atoms with Crippen LogP contribution in [-0.4, -0.2) is 73.4 Å². The lowest BCUT2D eigenvalue weighted by Gasteiger charge is -2.40. The number of amides is 3. The first-order chi connectivity index (χ1) is 30.2. The molecule has 346 valence electrons. The second kappa shape index (κ2) is 20.8. The van der Waals surface area contributed by atoms with Gasteiger partial charge in [0, 0.05) is 42.1 Å². The standard InChI is InChI=1S/C50H69N5O8Si/c1-49(2,3)62-48(60)53-35-18-20-37(21-19-35)61-47(59)54-41-29-32(17-22-38(41)34-14-10-9-11-15-34)13-12-16-44(57)52-36-27-33(28-36)30-51-31-43(63-64(7,8)50(4,5)6)39-23-25-42(56)46-40(39)24-26-45(58)55-46/h9-11,14-15,17,22-26,29,33,35-37,43,51,56H,12-13,16,18-21,27-28,30-31H2,1-8H3,(H,52,57)(H,53,60)(H,54,59)(H,55,58)/t33-,35-,36-,37-,43?. The summed E-state index contributed by atoms with van der Waals surface area (Å²) in [6.45, 7) is 17.9. The van der Waals surface area contributed by atoms with E-state index in [1.807, 2.05) is 75.4 Å². The van der Waals surface area contributed by atoms with Crippen LogP contribution in [0.5, 0.6) is 5.75 Å². The molecule has 13 nitrogen and oxygen atoms in total. The van der Waals surface area contributed by atoms with Crippen molar-refractivity contribution in [1.82, 2.24) is 20.9 Å². The fraction of sp³-hybridized carbons (Fsp3) is 0.520. The Morgan fingerprint density at radius 1 is 0.859 bits per heavy atom. The van der Waals surface area contributed by atoms with Gasteiger partial charge in [0.1, 0.15) is 17.5 Å². The lowest BCUT2D eigenvalue weighted by Crippen LogP contribution is -2.48. The van der Waals surface area contributed by atoms with E-state index in [2.05, 4.69) is 60.1 Å². The van der Waals surface area contributed by atoms with E-state index in [0.29, 0.717) is 68.6 Å². The predicted octanol–water partition coefficient (Wildman–Crippen LogP) is 9.86. The zero-order chi connectivity index (χ0) is 46.2. The Bertz CT molecular complexity index is 2290. The maximum atomic E-state index is 13.2. The topological polar surface area (TPSA) is 180 Å². The maximum Gasteiger partial charge on any atom is 0.411 e. The number of carbonyl (C=O) groups excluding carboxylic acids is 3. The van der Waals surface area contributed by atoms with Crippen molar-refractivity contribution in [3.05, 3.63) is 94.3 Å². The van der Waals surface area contributed by atoms with Crippen molar-refractivity contribution in [3.63, 3.8) is 0 Å². The van der Waals surface area contributed by atoms with Crippen LogP contribution in [0.2, 0.25) is 18.1 Å². The fourth-order valence-electron chi connectivity index (χ4n) is 8.29. The fourth-order valence-corrected chi connectivity index (χ4v) is 9.56. The smallest absolute Gasteiger partial charge is 0.411 e. The number of hydrogen-bond acceptors (Lipinski definition) is 9. The molecule has 0 spiro atoms. The zero-order valence-electron chi connectivity index (χ0n) is 38.9. The quantitative estimate of drug-likeness (QED) is 0.0597. The first-order valence-electron chi connectivity index (χ1n) is 22.9. The molecule has 6 rings (SSSR count). The van der Waals surface area contributed by atoms with Crippen LogP contribution in [0.4, 0.5) is 15.3 Å². The average Bonchev–Trinajstić information content (AvgIpc) is 3.20. The normalized spacial score (nSPS) is 19.6. The number of H-pyrrole nitrogens is 1. The Balaban J connectivity index is 0.960. The number of aromatic amines is 1. The number of phenols is 1. The number of anilines is 1. The molecule has 3 amide bonds. The Kier molecular flexibility index (Phi) is 15.7. The molecule has 0 radical (unpaired) electrons. The number of phenolic OH excluding ortho intramolecular Hbond substituents is 1. The van der Waals surface area contributed by atoms with Gasteiger partial charge in [-0.15, -0.1) is 0 Å². The molecule has 2 aliphatic rings. The minimum Gasteiger partial charge on any atom is -0.506 e. The van der Waals surface area contributed by atoms with E-state index in [0.717, 1.165) is 47.0 Å². The van der Waals surface area contributed by atoms with Crippen LogP contribution in [0.1, 0.15) is 110 Å². The van der Waals surface area contributed by atoms with Crippen LogP contribution in [0.3, 0.4) is 0 Å². The van der Waals surface area contributed by atoms with E-state index in [9.17, 15) is 24.3 Å². The first kappa shape index (κ1) is 48.3. The van der Waals surface area contributed by atoms with Crippen molar-refractivity contribution in [3.8, 4) is 16.9 Å². The van der Waals surface area contributed by atoms with Crippen LogP contribution in [0.25, 0.3) is 22.0 Å². The molecule has 6 N–H and O–H groups in total. The summed E-state index contributed by atoms with van der Waals surface area (Å²) in [7, 11) is -2.20. The number of alkyl carbamates (subject to hydrolysis) is 1.